The zero-order valence-electron chi connectivity index (χ0n) is 13.3. The highest BCUT2D eigenvalue weighted by atomic mass is 35.5. The van der Waals surface area contributed by atoms with E-state index in [1.54, 1.807) is 13.8 Å². The maximum absolute atomic E-state index is 12.3. The highest BCUT2D eigenvalue weighted by molar-refractivity contribution is 6.31. The highest BCUT2D eigenvalue weighted by Gasteiger charge is 2.23. The SMILES string of the molecule is Cc1cc([N+](=O)[O-])nn1CC(C)C(=O)Nc1ccc(Cl)cc1[N+](=O)[O-]. The zero-order chi connectivity index (χ0) is 18.7. The number of nitrogens with one attached hydrogen (secondary N) is 1. The quantitative estimate of drug-likeness (QED) is 0.616. The van der Waals surface area contributed by atoms with Crippen molar-refractivity contribution in [1.29, 1.82) is 0 Å². The maximum Gasteiger partial charge on any atom is 0.390 e. The molecule has 0 saturated heterocycles. The van der Waals surface area contributed by atoms with Gasteiger partial charge in [-0.1, -0.05) is 18.5 Å². The minimum Gasteiger partial charge on any atom is -0.358 e. The molecule has 0 aliphatic heterocycles. The normalized spacial score (nSPS) is 11.8. The van der Waals surface area contributed by atoms with Crippen molar-refractivity contribution in [3.05, 3.63) is 55.2 Å². The fraction of sp³-hybridized carbons (Fsp3) is 0.286. The van der Waals surface area contributed by atoms with E-state index in [0.717, 1.165) is 6.07 Å². The van der Waals surface area contributed by atoms with Gasteiger partial charge in [0, 0.05) is 11.1 Å². The molecule has 0 spiro atoms. The predicted molar refractivity (Wildman–Crippen MR) is 89.5 cm³/mol. The number of hydrogen-bond donors (Lipinski definition) is 1. The van der Waals surface area contributed by atoms with Gasteiger partial charge in [-0.15, -0.1) is 0 Å². The van der Waals surface area contributed by atoms with Crippen LogP contribution in [-0.2, 0) is 11.3 Å². The summed E-state index contributed by atoms with van der Waals surface area (Å²) < 4.78 is 1.35. The van der Waals surface area contributed by atoms with E-state index in [-0.39, 0.29) is 28.8 Å². The molecule has 2 rings (SSSR count). The van der Waals surface area contributed by atoms with Crippen LogP contribution in [0.4, 0.5) is 17.2 Å². The summed E-state index contributed by atoms with van der Waals surface area (Å²) in [5, 5.41) is 28.2. The van der Waals surface area contributed by atoms with Crippen molar-refractivity contribution >= 4 is 34.7 Å². The Hall–Kier alpha value is -3.01. The van der Waals surface area contributed by atoms with Gasteiger partial charge in [-0.05, 0) is 24.0 Å². The molecule has 25 heavy (non-hydrogen) atoms. The molecule has 0 bridgehead atoms. The molecule has 1 unspecified atom stereocenters. The number of carbonyl (C=O) groups is 1. The summed E-state index contributed by atoms with van der Waals surface area (Å²) in [6.45, 7) is 3.31. The van der Waals surface area contributed by atoms with Gasteiger partial charge >= 0.3 is 5.82 Å². The van der Waals surface area contributed by atoms with Crippen LogP contribution in [0.5, 0.6) is 0 Å². The third kappa shape index (κ3) is 4.29. The first-order valence-electron chi connectivity index (χ1n) is 7.12. The largest absolute Gasteiger partial charge is 0.390 e. The monoisotopic (exact) mass is 367 g/mol. The average molecular weight is 368 g/mol. The Bertz CT molecular complexity index is 850. The molecule has 11 heteroatoms. The first-order chi connectivity index (χ1) is 11.7. The lowest BCUT2D eigenvalue weighted by molar-refractivity contribution is -0.389. The third-order valence-electron chi connectivity index (χ3n) is 3.46. The van der Waals surface area contributed by atoms with Gasteiger partial charge in [-0.25, -0.2) is 0 Å². The number of aryl methyl sites for hydroxylation is 1. The maximum atomic E-state index is 12.3. The summed E-state index contributed by atoms with van der Waals surface area (Å²) in [5.74, 6) is -1.42. The second-order valence-corrected chi connectivity index (χ2v) is 5.83. The molecule has 10 nitrogen and oxygen atoms in total. The summed E-state index contributed by atoms with van der Waals surface area (Å²) in [5.41, 5.74) is 0.234. The van der Waals surface area contributed by atoms with Crippen LogP contribution in [0.15, 0.2) is 24.3 Å². The van der Waals surface area contributed by atoms with E-state index in [9.17, 15) is 25.0 Å². The number of carbonyl (C=O) groups excluding carboxylic acids is 1. The number of anilines is 1. The number of nitro benzene ring substituents is 1. The van der Waals surface area contributed by atoms with Crippen LogP contribution in [-0.4, -0.2) is 25.5 Å². The standard InChI is InChI=1S/C14H14ClN5O5/c1-8(7-18-9(2)5-13(17-18)20(24)25)14(21)16-11-4-3-10(15)6-12(11)19(22)23/h3-6,8H,7H2,1-2H3,(H,16,21). The van der Waals surface area contributed by atoms with Gasteiger partial charge in [0.05, 0.1) is 34.2 Å². The van der Waals surface area contributed by atoms with E-state index in [4.69, 9.17) is 11.6 Å². The summed E-state index contributed by atoms with van der Waals surface area (Å²) >= 11 is 5.73. The van der Waals surface area contributed by atoms with E-state index in [2.05, 4.69) is 10.4 Å². The summed E-state index contributed by atoms with van der Waals surface area (Å²) in [6.07, 6.45) is 0. The fourth-order valence-corrected chi connectivity index (χ4v) is 2.29. The highest BCUT2D eigenvalue weighted by Crippen LogP contribution is 2.28. The number of hydrogen-bond acceptors (Lipinski definition) is 6. The minimum atomic E-state index is -0.646. The smallest absolute Gasteiger partial charge is 0.358 e. The Labute approximate surface area is 146 Å². The van der Waals surface area contributed by atoms with Gasteiger partial charge in [0.25, 0.3) is 5.69 Å². The van der Waals surface area contributed by atoms with Gasteiger partial charge in [0.1, 0.15) is 5.69 Å². The van der Waals surface area contributed by atoms with Crippen LogP contribution in [0.3, 0.4) is 0 Å². The van der Waals surface area contributed by atoms with Crippen LogP contribution in [0.1, 0.15) is 12.6 Å². The zero-order valence-corrected chi connectivity index (χ0v) is 14.1. The van der Waals surface area contributed by atoms with Crippen LogP contribution < -0.4 is 5.32 Å². The summed E-state index contributed by atoms with van der Waals surface area (Å²) in [4.78, 5) is 32.8. The van der Waals surface area contributed by atoms with Crippen molar-refractivity contribution in [2.45, 2.75) is 20.4 Å². The number of benzene rings is 1. The summed E-state index contributed by atoms with van der Waals surface area (Å²) in [6, 6.07) is 5.21. The molecule has 0 radical (unpaired) electrons. The molecule has 1 atom stereocenters. The van der Waals surface area contributed by atoms with Crippen molar-refractivity contribution in [3.8, 4) is 0 Å². The lowest BCUT2D eigenvalue weighted by Gasteiger charge is -2.12. The second kappa shape index (κ2) is 7.26. The summed E-state index contributed by atoms with van der Waals surface area (Å²) in [7, 11) is 0. The number of aromatic nitrogens is 2. The topological polar surface area (TPSA) is 133 Å². The molecule has 1 aromatic carbocycles. The third-order valence-corrected chi connectivity index (χ3v) is 3.70. The van der Waals surface area contributed by atoms with E-state index in [1.807, 2.05) is 0 Å². The molecule has 0 aliphatic rings. The molecule has 1 amide bonds. The first-order valence-corrected chi connectivity index (χ1v) is 7.50. The van der Waals surface area contributed by atoms with Crippen LogP contribution in [0.25, 0.3) is 0 Å². The predicted octanol–water partition coefficient (Wildman–Crippen LogP) is 2.94. The molecule has 0 aliphatic carbocycles. The fourth-order valence-electron chi connectivity index (χ4n) is 2.13. The van der Waals surface area contributed by atoms with E-state index in [1.165, 1.54) is 22.9 Å². The van der Waals surface area contributed by atoms with Crippen molar-refractivity contribution in [3.63, 3.8) is 0 Å². The molecule has 132 valence electrons. The Morgan fingerprint density at radius 3 is 2.56 bits per heavy atom. The number of nitrogens with zero attached hydrogens (tertiary/aromatic N) is 4. The van der Waals surface area contributed by atoms with Crippen molar-refractivity contribution in [2.24, 2.45) is 5.92 Å². The van der Waals surface area contributed by atoms with Crippen LogP contribution >= 0.6 is 11.6 Å². The van der Waals surface area contributed by atoms with Crippen LogP contribution in [0, 0.1) is 33.1 Å². The molecular weight excluding hydrogens is 354 g/mol. The second-order valence-electron chi connectivity index (χ2n) is 5.39. The number of nitro groups is 2. The number of amides is 1. The molecule has 2 aromatic rings. The number of rotatable bonds is 6. The van der Waals surface area contributed by atoms with E-state index < -0.39 is 21.7 Å². The van der Waals surface area contributed by atoms with Gasteiger partial charge in [-0.2, -0.15) is 4.68 Å². The van der Waals surface area contributed by atoms with Gasteiger partial charge in [-0.3, -0.25) is 14.9 Å². The van der Waals surface area contributed by atoms with Gasteiger partial charge in [0.15, 0.2) is 0 Å². The molecule has 1 aromatic heterocycles. The molecule has 1 N–H and O–H groups in total. The lowest BCUT2D eigenvalue weighted by atomic mass is 10.1. The van der Waals surface area contributed by atoms with Crippen LogP contribution in [0.2, 0.25) is 5.02 Å². The van der Waals surface area contributed by atoms with Crippen molar-refractivity contribution in [1.82, 2.24) is 9.78 Å². The van der Waals surface area contributed by atoms with E-state index >= 15 is 0 Å². The van der Waals surface area contributed by atoms with Crippen molar-refractivity contribution in [2.75, 3.05) is 5.32 Å². The lowest BCUT2D eigenvalue weighted by Crippen LogP contribution is -2.25. The Morgan fingerprint density at radius 2 is 2.00 bits per heavy atom. The Balaban J connectivity index is 2.14. The van der Waals surface area contributed by atoms with Gasteiger partial charge < -0.3 is 15.4 Å². The van der Waals surface area contributed by atoms with E-state index in [0.29, 0.717) is 5.69 Å². The van der Waals surface area contributed by atoms with Gasteiger partial charge in [0.2, 0.25) is 5.91 Å². The Kier molecular flexibility index (Phi) is 5.32. The Morgan fingerprint density at radius 1 is 1.32 bits per heavy atom. The van der Waals surface area contributed by atoms with Crippen molar-refractivity contribution < 1.29 is 14.6 Å². The average Bonchev–Trinajstić information content (AvgIpc) is 2.90. The molecular formula is C14H14ClN5O5. The minimum absolute atomic E-state index is 0.0226. The number of halogens is 1. The molecule has 0 saturated carbocycles. The molecule has 1 heterocycles. The molecule has 0 fully saturated rings. The first kappa shape index (κ1) is 18.3.